The van der Waals surface area contributed by atoms with E-state index in [-0.39, 0.29) is 6.04 Å². The van der Waals surface area contributed by atoms with Gasteiger partial charge in [0.15, 0.2) is 0 Å². The Morgan fingerprint density at radius 2 is 2.43 bits per heavy atom. The van der Waals surface area contributed by atoms with Crippen LogP contribution in [0.3, 0.4) is 0 Å². The molecule has 0 saturated heterocycles. The minimum absolute atomic E-state index is 0.280. The zero-order chi connectivity index (χ0) is 10.6. The Hall–Kier alpha value is -0.260. The van der Waals surface area contributed by atoms with Gasteiger partial charge in [-0.1, -0.05) is 0 Å². The molecule has 0 bridgehead atoms. The zero-order valence-corrected chi connectivity index (χ0v) is 10.4. The molecule has 0 radical (unpaired) electrons. The molecule has 1 aromatic rings. The lowest BCUT2D eigenvalue weighted by Crippen LogP contribution is -2.30. The van der Waals surface area contributed by atoms with Gasteiger partial charge in [-0.3, -0.25) is 4.21 Å². The monoisotopic (exact) mass is 232 g/mol. The Morgan fingerprint density at radius 3 is 2.93 bits per heavy atom. The predicted molar refractivity (Wildman–Crippen MR) is 62.1 cm³/mol. The molecule has 0 aromatic carbocycles. The van der Waals surface area contributed by atoms with E-state index in [0.717, 1.165) is 17.2 Å². The van der Waals surface area contributed by atoms with Crippen LogP contribution in [-0.2, 0) is 17.3 Å². The first-order chi connectivity index (χ1) is 6.58. The number of hydrogen-bond donors (Lipinski definition) is 1. The largest absolute Gasteiger partial charge is 0.308 e. The fourth-order valence-electron chi connectivity index (χ4n) is 1.18. The lowest BCUT2D eigenvalue weighted by Gasteiger charge is -2.10. The van der Waals surface area contributed by atoms with Crippen molar-refractivity contribution in [2.75, 3.05) is 12.0 Å². The first kappa shape index (κ1) is 11.8. The molecule has 0 spiro atoms. The maximum atomic E-state index is 10.9. The molecule has 0 amide bonds. The van der Waals surface area contributed by atoms with Crippen molar-refractivity contribution in [1.29, 1.82) is 0 Å². The van der Waals surface area contributed by atoms with Crippen LogP contribution in [0.4, 0.5) is 0 Å². The van der Waals surface area contributed by atoms with E-state index in [1.54, 1.807) is 17.6 Å². The second-order valence-electron chi connectivity index (χ2n) is 3.38. The normalized spacial score (nSPS) is 15.4. The Labute approximate surface area is 91.4 Å². The van der Waals surface area contributed by atoms with Crippen LogP contribution in [0.2, 0.25) is 0 Å². The summed E-state index contributed by atoms with van der Waals surface area (Å²) in [5.41, 5.74) is 1.07. The van der Waals surface area contributed by atoms with Gasteiger partial charge in [-0.05, 0) is 13.8 Å². The third kappa shape index (κ3) is 4.30. The standard InChI is InChI=1S/C9H16N2OS2/c1-7(6-14(3)12)10-4-9-5-13-8(2)11-9/h5,7,10H,4,6H2,1-3H3. The van der Waals surface area contributed by atoms with Gasteiger partial charge in [0.1, 0.15) is 0 Å². The number of rotatable bonds is 5. The van der Waals surface area contributed by atoms with Crippen molar-refractivity contribution in [3.63, 3.8) is 0 Å². The molecule has 1 rings (SSSR count). The Morgan fingerprint density at radius 1 is 1.71 bits per heavy atom. The first-order valence-electron chi connectivity index (χ1n) is 4.52. The van der Waals surface area contributed by atoms with Gasteiger partial charge in [-0.2, -0.15) is 0 Å². The molecule has 5 heteroatoms. The lowest BCUT2D eigenvalue weighted by atomic mass is 10.3. The molecule has 0 aliphatic carbocycles. The molecule has 2 atom stereocenters. The highest BCUT2D eigenvalue weighted by molar-refractivity contribution is 7.84. The van der Waals surface area contributed by atoms with Gasteiger partial charge >= 0.3 is 0 Å². The molecule has 14 heavy (non-hydrogen) atoms. The van der Waals surface area contributed by atoms with Crippen LogP contribution in [0.1, 0.15) is 17.6 Å². The van der Waals surface area contributed by atoms with E-state index in [1.165, 1.54) is 0 Å². The van der Waals surface area contributed by atoms with E-state index in [4.69, 9.17) is 0 Å². The molecule has 80 valence electrons. The minimum atomic E-state index is -0.729. The van der Waals surface area contributed by atoms with Crippen LogP contribution in [0.5, 0.6) is 0 Å². The summed E-state index contributed by atoms with van der Waals surface area (Å²) in [7, 11) is -0.729. The van der Waals surface area contributed by atoms with E-state index < -0.39 is 10.8 Å². The third-order valence-electron chi connectivity index (χ3n) is 1.78. The topological polar surface area (TPSA) is 42.0 Å². The lowest BCUT2D eigenvalue weighted by molar-refractivity contribution is 0.581. The number of nitrogens with one attached hydrogen (secondary N) is 1. The highest BCUT2D eigenvalue weighted by atomic mass is 32.2. The number of aryl methyl sites for hydroxylation is 1. The SMILES string of the molecule is Cc1nc(CNC(C)CS(C)=O)cs1. The number of nitrogens with zero attached hydrogens (tertiary/aromatic N) is 1. The smallest absolute Gasteiger partial charge is 0.0897 e. The summed E-state index contributed by atoms with van der Waals surface area (Å²) < 4.78 is 10.9. The summed E-state index contributed by atoms with van der Waals surface area (Å²) in [6.07, 6.45) is 1.73. The molecular formula is C9H16N2OS2. The van der Waals surface area contributed by atoms with Gasteiger partial charge in [0, 0.05) is 40.8 Å². The van der Waals surface area contributed by atoms with Crippen molar-refractivity contribution in [3.05, 3.63) is 16.1 Å². The molecule has 0 saturated carbocycles. The van der Waals surface area contributed by atoms with Crippen molar-refractivity contribution >= 4 is 22.1 Å². The van der Waals surface area contributed by atoms with Gasteiger partial charge in [0.25, 0.3) is 0 Å². The second-order valence-corrected chi connectivity index (χ2v) is 5.92. The van der Waals surface area contributed by atoms with E-state index >= 15 is 0 Å². The summed E-state index contributed by atoms with van der Waals surface area (Å²) in [5.74, 6) is 0.698. The molecule has 0 aliphatic rings. The summed E-state index contributed by atoms with van der Waals surface area (Å²) in [4.78, 5) is 4.34. The molecule has 0 aliphatic heterocycles. The highest BCUT2D eigenvalue weighted by Crippen LogP contribution is 2.07. The quantitative estimate of drug-likeness (QED) is 0.832. The van der Waals surface area contributed by atoms with E-state index in [0.29, 0.717) is 5.75 Å². The van der Waals surface area contributed by atoms with Crippen molar-refractivity contribution in [3.8, 4) is 0 Å². The average Bonchev–Trinajstić information content (AvgIpc) is 2.47. The maximum Gasteiger partial charge on any atom is 0.0897 e. The fraction of sp³-hybridized carbons (Fsp3) is 0.667. The fourth-order valence-corrected chi connectivity index (χ4v) is 2.61. The summed E-state index contributed by atoms with van der Waals surface area (Å²) >= 11 is 1.66. The minimum Gasteiger partial charge on any atom is -0.308 e. The Kier molecular flexibility index (Phi) is 4.71. The van der Waals surface area contributed by atoms with Crippen LogP contribution < -0.4 is 5.32 Å². The first-order valence-corrected chi connectivity index (χ1v) is 7.13. The van der Waals surface area contributed by atoms with E-state index in [9.17, 15) is 4.21 Å². The predicted octanol–water partition coefficient (Wildman–Crippen LogP) is 1.31. The van der Waals surface area contributed by atoms with Crippen LogP contribution in [-0.4, -0.2) is 27.2 Å². The molecule has 2 unspecified atom stereocenters. The number of hydrogen-bond acceptors (Lipinski definition) is 4. The Balaban J connectivity index is 2.30. The molecule has 0 fully saturated rings. The van der Waals surface area contributed by atoms with Crippen molar-refractivity contribution < 1.29 is 4.21 Å². The van der Waals surface area contributed by atoms with Crippen molar-refractivity contribution in [1.82, 2.24) is 10.3 Å². The summed E-state index contributed by atoms with van der Waals surface area (Å²) in [6, 6.07) is 0.280. The van der Waals surface area contributed by atoms with Crippen molar-refractivity contribution in [2.24, 2.45) is 0 Å². The second kappa shape index (κ2) is 5.58. The average molecular weight is 232 g/mol. The van der Waals surface area contributed by atoms with Crippen LogP contribution in [0, 0.1) is 6.92 Å². The number of aromatic nitrogens is 1. The molecule has 1 N–H and O–H groups in total. The number of thiazole rings is 1. The van der Waals surface area contributed by atoms with Gasteiger partial charge in [-0.15, -0.1) is 11.3 Å². The van der Waals surface area contributed by atoms with Crippen molar-refractivity contribution in [2.45, 2.75) is 26.4 Å². The van der Waals surface area contributed by atoms with Gasteiger partial charge in [-0.25, -0.2) is 4.98 Å². The zero-order valence-electron chi connectivity index (χ0n) is 8.74. The third-order valence-corrected chi connectivity index (χ3v) is 3.57. The van der Waals surface area contributed by atoms with Crippen LogP contribution in [0.15, 0.2) is 5.38 Å². The molecule has 3 nitrogen and oxygen atoms in total. The van der Waals surface area contributed by atoms with E-state index in [2.05, 4.69) is 15.7 Å². The Bertz CT molecular complexity index is 312. The molecule has 1 heterocycles. The van der Waals surface area contributed by atoms with Crippen LogP contribution in [0.25, 0.3) is 0 Å². The van der Waals surface area contributed by atoms with Gasteiger partial charge in [0.05, 0.1) is 10.7 Å². The molecular weight excluding hydrogens is 216 g/mol. The highest BCUT2D eigenvalue weighted by Gasteiger charge is 2.04. The maximum absolute atomic E-state index is 10.9. The van der Waals surface area contributed by atoms with Gasteiger partial charge < -0.3 is 5.32 Å². The molecule has 1 aromatic heterocycles. The van der Waals surface area contributed by atoms with Crippen LogP contribution >= 0.6 is 11.3 Å². The van der Waals surface area contributed by atoms with E-state index in [1.807, 2.05) is 13.8 Å². The summed E-state index contributed by atoms with van der Waals surface area (Å²) in [6.45, 7) is 4.81. The summed E-state index contributed by atoms with van der Waals surface area (Å²) in [5, 5.41) is 6.44. The van der Waals surface area contributed by atoms with Gasteiger partial charge in [0.2, 0.25) is 0 Å².